The van der Waals surface area contributed by atoms with Gasteiger partial charge in [0.25, 0.3) is 0 Å². The van der Waals surface area contributed by atoms with E-state index in [1.54, 1.807) is 0 Å². The lowest BCUT2D eigenvalue weighted by Gasteiger charge is -2.37. The molecule has 0 aliphatic carbocycles. The van der Waals surface area contributed by atoms with Crippen LogP contribution >= 0.6 is 0 Å². The van der Waals surface area contributed by atoms with Crippen LogP contribution < -0.4 is 10.1 Å². The normalized spacial score (nSPS) is 18.2. The summed E-state index contributed by atoms with van der Waals surface area (Å²) in [7, 11) is 0. The van der Waals surface area contributed by atoms with Gasteiger partial charge in [0.15, 0.2) is 0 Å². The molecule has 1 saturated heterocycles. The summed E-state index contributed by atoms with van der Waals surface area (Å²) in [5.74, 6) is 0.954. The first-order valence-corrected chi connectivity index (χ1v) is 9.50. The van der Waals surface area contributed by atoms with Crippen molar-refractivity contribution in [1.29, 1.82) is 5.41 Å². The van der Waals surface area contributed by atoms with E-state index in [-0.39, 0.29) is 11.3 Å². The number of amides is 1. The van der Waals surface area contributed by atoms with E-state index in [2.05, 4.69) is 16.3 Å². The Labute approximate surface area is 159 Å². The molecule has 0 saturated carbocycles. The van der Waals surface area contributed by atoms with Crippen molar-refractivity contribution in [3.63, 3.8) is 0 Å². The number of rotatable bonds is 5. The molecule has 0 atom stereocenters. The fourth-order valence-electron chi connectivity index (χ4n) is 4.18. The summed E-state index contributed by atoms with van der Waals surface area (Å²) in [6.45, 7) is 5.23. The van der Waals surface area contributed by atoms with Gasteiger partial charge in [-0.05, 0) is 67.7 Å². The number of likely N-dealkylation sites (tertiary alicyclic amines) is 1. The molecule has 5 heteroatoms. The molecule has 1 spiro atoms. The van der Waals surface area contributed by atoms with Crippen LogP contribution in [0.25, 0.3) is 0 Å². The van der Waals surface area contributed by atoms with E-state index >= 15 is 0 Å². The number of hydrogen-bond donors (Lipinski definition) is 2. The van der Waals surface area contributed by atoms with Gasteiger partial charge in [0, 0.05) is 18.4 Å². The highest BCUT2D eigenvalue weighted by Crippen LogP contribution is 2.44. The summed E-state index contributed by atoms with van der Waals surface area (Å²) in [5, 5.41) is 10.5. The summed E-state index contributed by atoms with van der Waals surface area (Å²) >= 11 is 0. The van der Waals surface area contributed by atoms with Crippen molar-refractivity contribution >= 4 is 17.8 Å². The predicted molar refractivity (Wildman–Crippen MR) is 107 cm³/mol. The van der Waals surface area contributed by atoms with Crippen LogP contribution in [0.4, 0.5) is 5.69 Å². The zero-order chi connectivity index (χ0) is 18.9. The second-order valence-electron chi connectivity index (χ2n) is 7.43. The zero-order valence-corrected chi connectivity index (χ0v) is 15.6. The Morgan fingerprint density at radius 1 is 1.22 bits per heavy atom. The lowest BCUT2D eigenvalue weighted by atomic mass is 9.74. The van der Waals surface area contributed by atoms with Gasteiger partial charge in [0.1, 0.15) is 12.4 Å². The number of nitrogens with zero attached hydrogens (tertiary/aromatic N) is 1. The Balaban J connectivity index is 1.33. The molecule has 0 unspecified atom stereocenters. The second kappa shape index (κ2) is 7.16. The molecule has 1 amide bonds. The summed E-state index contributed by atoms with van der Waals surface area (Å²) in [5.41, 5.74) is 3.74. The summed E-state index contributed by atoms with van der Waals surface area (Å²) in [6, 6.07) is 13.9. The number of fused-ring (bicyclic) bond motifs is 2. The highest BCUT2D eigenvalue weighted by Gasteiger charge is 2.48. The van der Waals surface area contributed by atoms with Crippen LogP contribution in [-0.2, 0) is 10.2 Å². The molecule has 140 valence electrons. The van der Waals surface area contributed by atoms with Crippen molar-refractivity contribution < 1.29 is 9.53 Å². The molecule has 27 heavy (non-hydrogen) atoms. The van der Waals surface area contributed by atoms with Crippen molar-refractivity contribution in [3.05, 3.63) is 59.2 Å². The van der Waals surface area contributed by atoms with Gasteiger partial charge < -0.3 is 15.5 Å². The lowest BCUT2D eigenvalue weighted by Crippen LogP contribution is -2.47. The van der Waals surface area contributed by atoms with E-state index < -0.39 is 0 Å². The molecule has 2 N–H and O–H groups in total. The highest BCUT2D eigenvalue weighted by molar-refractivity contribution is 6.06. The molecule has 2 heterocycles. The number of aryl methyl sites for hydroxylation is 1. The van der Waals surface area contributed by atoms with E-state index in [1.807, 2.05) is 43.3 Å². The maximum absolute atomic E-state index is 12.6. The smallest absolute Gasteiger partial charge is 0.235 e. The van der Waals surface area contributed by atoms with Gasteiger partial charge in [-0.1, -0.05) is 24.3 Å². The Kier molecular flexibility index (Phi) is 4.70. The number of hydrogen-bond acceptors (Lipinski definition) is 4. The van der Waals surface area contributed by atoms with Crippen LogP contribution in [0.1, 0.15) is 29.5 Å². The molecular weight excluding hydrogens is 338 g/mol. The number of anilines is 1. The van der Waals surface area contributed by atoms with E-state index in [0.29, 0.717) is 6.61 Å². The molecule has 2 aliphatic rings. The van der Waals surface area contributed by atoms with Crippen molar-refractivity contribution in [2.45, 2.75) is 25.2 Å². The topological polar surface area (TPSA) is 65.4 Å². The zero-order valence-electron chi connectivity index (χ0n) is 15.6. The molecule has 4 rings (SSSR count). The first-order chi connectivity index (χ1) is 13.1. The van der Waals surface area contributed by atoms with Crippen molar-refractivity contribution in [3.8, 4) is 5.75 Å². The number of piperidine rings is 1. The molecule has 0 aromatic heterocycles. The number of para-hydroxylation sites is 1. The third-order valence-corrected chi connectivity index (χ3v) is 5.92. The quantitative estimate of drug-likeness (QED) is 0.801. The number of ether oxygens (including phenoxy) is 1. The second-order valence-corrected chi connectivity index (χ2v) is 7.43. The van der Waals surface area contributed by atoms with E-state index in [4.69, 9.17) is 10.1 Å². The van der Waals surface area contributed by atoms with Gasteiger partial charge in [-0.15, -0.1) is 0 Å². The molecule has 2 aromatic rings. The van der Waals surface area contributed by atoms with E-state index in [9.17, 15) is 4.79 Å². The minimum atomic E-state index is -0.357. The van der Waals surface area contributed by atoms with Crippen LogP contribution in [0, 0.1) is 12.3 Å². The summed E-state index contributed by atoms with van der Waals surface area (Å²) in [6.07, 6.45) is 3.05. The van der Waals surface area contributed by atoms with Crippen LogP contribution in [-0.4, -0.2) is 43.3 Å². The predicted octanol–water partition coefficient (Wildman–Crippen LogP) is 3.36. The summed E-state index contributed by atoms with van der Waals surface area (Å²) < 4.78 is 5.88. The Morgan fingerprint density at radius 3 is 2.78 bits per heavy atom. The molecule has 2 aromatic carbocycles. The number of benzene rings is 2. The van der Waals surface area contributed by atoms with Gasteiger partial charge in [0.05, 0.1) is 5.41 Å². The SMILES string of the molecule is Cc1ccc(OCCN2CCC3(CC2)C(=O)Nc2ccccc23)cc1C=N. The number of carbonyl (C=O) groups excluding carboxylic acids is 1. The van der Waals surface area contributed by atoms with Crippen molar-refractivity contribution in [2.75, 3.05) is 31.6 Å². The Hall–Kier alpha value is -2.66. The fourth-order valence-corrected chi connectivity index (χ4v) is 4.18. The van der Waals surface area contributed by atoms with Crippen LogP contribution in [0.2, 0.25) is 0 Å². The van der Waals surface area contributed by atoms with Gasteiger partial charge >= 0.3 is 0 Å². The molecule has 5 nitrogen and oxygen atoms in total. The monoisotopic (exact) mass is 363 g/mol. The number of carbonyl (C=O) groups is 1. The molecule has 0 bridgehead atoms. The number of nitrogens with one attached hydrogen (secondary N) is 2. The van der Waals surface area contributed by atoms with Crippen molar-refractivity contribution in [1.82, 2.24) is 4.90 Å². The van der Waals surface area contributed by atoms with Gasteiger partial charge in [0.2, 0.25) is 5.91 Å². The average molecular weight is 363 g/mol. The maximum atomic E-state index is 12.6. The van der Waals surface area contributed by atoms with Crippen LogP contribution in [0.3, 0.4) is 0 Å². The molecule has 2 aliphatic heterocycles. The molecule has 1 fully saturated rings. The van der Waals surface area contributed by atoms with E-state index in [1.165, 1.54) is 6.21 Å². The highest BCUT2D eigenvalue weighted by atomic mass is 16.5. The minimum Gasteiger partial charge on any atom is -0.492 e. The van der Waals surface area contributed by atoms with Gasteiger partial charge in [-0.25, -0.2) is 0 Å². The first-order valence-electron chi connectivity index (χ1n) is 9.50. The fraction of sp³-hybridized carbons (Fsp3) is 0.364. The maximum Gasteiger partial charge on any atom is 0.235 e. The largest absolute Gasteiger partial charge is 0.492 e. The van der Waals surface area contributed by atoms with Gasteiger partial charge in [-0.2, -0.15) is 0 Å². The third kappa shape index (κ3) is 3.23. The summed E-state index contributed by atoms with van der Waals surface area (Å²) in [4.78, 5) is 15.0. The Morgan fingerprint density at radius 2 is 2.00 bits per heavy atom. The van der Waals surface area contributed by atoms with Crippen molar-refractivity contribution in [2.24, 2.45) is 0 Å². The standard InChI is InChI=1S/C22H25N3O2/c1-16-6-7-18(14-17(16)15-23)27-13-12-25-10-8-22(9-11-25)19-4-2-3-5-20(19)24-21(22)26/h2-7,14-15,23H,8-13H2,1H3,(H,24,26). The lowest BCUT2D eigenvalue weighted by molar-refractivity contribution is -0.122. The minimum absolute atomic E-state index is 0.151. The van der Waals surface area contributed by atoms with E-state index in [0.717, 1.165) is 60.6 Å². The van der Waals surface area contributed by atoms with Crippen LogP contribution in [0.5, 0.6) is 5.75 Å². The molecule has 0 radical (unpaired) electrons. The first kappa shape index (κ1) is 17.7. The average Bonchev–Trinajstić information content (AvgIpc) is 2.96. The van der Waals surface area contributed by atoms with Gasteiger partial charge in [-0.3, -0.25) is 9.69 Å². The molecular formula is C22H25N3O2. The third-order valence-electron chi connectivity index (χ3n) is 5.92. The Bertz CT molecular complexity index is 870. The van der Waals surface area contributed by atoms with Crippen LogP contribution in [0.15, 0.2) is 42.5 Å².